The number of H-pyrrole nitrogens is 1. The zero-order chi connectivity index (χ0) is 20.2. The molecule has 0 fully saturated rings. The number of anilines is 1. The van der Waals surface area contributed by atoms with Gasteiger partial charge in [0.1, 0.15) is 0 Å². The van der Waals surface area contributed by atoms with Crippen molar-refractivity contribution in [2.45, 2.75) is 32.6 Å². The van der Waals surface area contributed by atoms with E-state index in [0.717, 1.165) is 45.9 Å². The van der Waals surface area contributed by atoms with Gasteiger partial charge in [-0.1, -0.05) is 67.9 Å². The molecular weight excluding hydrogens is 382 g/mol. The second-order valence-electron chi connectivity index (χ2n) is 8.67. The van der Waals surface area contributed by atoms with Crippen molar-refractivity contribution in [3.63, 3.8) is 0 Å². The topological polar surface area (TPSA) is 57.8 Å². The maximum atomic E-state index is 13.3. The van der Waals surface area contributed by atoms with Crippen molar-refractivity contribution in [1.82, 2.24) is 10.2 Å². The van der Waals surface area contributed by atoms with E-state index in [1.54, 1.807) is 0 Å². The van der Waals surface area contributed by atoms with Crippen LogP contribution in [0.25, 0.3) is 11.3 Å². The highest BCUT2D eigenvalue weighted by Gasteiger charge is 2.42. The molecule has 2 aromatic carbocycles. The molecule has 1 aliphatic heterocycles. The van der Waals surface area contributed by atoms with Crippen LogP contribution in [0.4, 0.5) is 5.82 Å². The molecule has 5 heteroatoms. The Hall–Kier alpha value is -2.85. The van der Waals surface area contributed by atoms with Crippen LogP contribution in [0.2, 0.25) is 5.02 Å². The number of nitrogens with one attached hydrogen (secondary N) is 2. The molecule has 4 nitrogen and oxygen atoms in total. The maximum Gasteiger partial charge on any atom is 0.162 e. The second kappa shape index (κ2) is 6.60. The van der Waals surface area contributed by atoms with Crippen molar-refractivity contribution < 1.29 is 4.79 Å². The number of aromatic amines is 1. The Morgan fingerprint density at radius 1 is 1.03 bits per heavy atom. The molecule has 0 radical (unpaired) electrons. The Labute approximate surface area is 175 Å². The number of fused-ring (bicyclic) bond motifs is 1. The molecule has 0 spiro atoms. The Morgan fingerprint density at radius 2 is 1.76 bits per heavy atom. The molecular formula is C24H22ClN3O. The van der Waals surface area contributed by atoms with E-state index in [4.69, 9.17) is 11.6 Å². The minimum absolute atomic E-state index is 0.0586. The van der Waals surface area contributed by atoms with Crippen LogP contribution in [0.1, 0.15) is 43.7 Å². The number of rotatable bonds is 2. The summed E-state index contributed by atoms with van der Waals surface area (Å²) in [5.41, 5.74) is 5.86. The van der Waals surface area contributed by atoms with Crippen LogP contribution in [0.3, 0.4) is 0 Å². The first-order chi connectivity index (χ1) is 13.9. The number of carbonyl (C=O) groups is 1. The summed E-state index contributed by atoms with van der Waals surface area (Å²) in [6.07, 6.45) is 1.39. The van der Waals surface area contributed by atoms with Crippen molar-refractivity contribution in [2.75, 3.05) is 5.32 Å². The highest BCUT2D eigenvalue weighted by molar-refractivity contribution is 6.30. The van der Waals surface area contributed by atoms with Gasteiger partial charge in [-0.05, 0) is 29.5 Å². The van der Waals surface area contributed by atoms with Gasteiger partial charge in [0.2, 0.25) is 0 Å². The van der Waals surface area contributed by atoms with Gasteiger partial charge in [-0.25, -0.2) is 0 Å². The molecule has 2 heterocycles. The van der Waals surface area contributed by atoms with Crippen molar-refractivity contribution >= 4 is 23.2 Å². The lowest BCUT2D eigenvalue weighted by molar-refractivity contribution is -0.118. The van der Waals surface area contributed by atoms with Gasteiger partial charge in [0.25, 0.3) is 0 Å². The summed E-state index contributed by atoms with van der Waals surface area (Å²) in [6.45, 7) is 4.29. The third kappa shape index (κ3) is 3.08. The quantitative estimate of drug-likeness (QED) is 0.557. The van der Waals surface area contributed by atoms with E-state index in [1.165, 1.54) is 0 Å². The van der Waals surface area contributed by atoms with Gasteiger partial charge in [0.15, 0.2) is 11.6 Å². The number of aromatic nitrogens is 2. The van der Waals surface area contributed by atoms with Crippen LogP contribution in [-0.4, -0.2) is 16.0 Å². The molecule has 0 saturated heterocycles. The minimum Gasteiger partial charge on any atom is -0.342 e. The van der Waals surface area contributed by atoms with E-state index in [2.05, 4.69) is 41.5 Å². The van der Waals surface area contributed by atoms with Crippen molar-refractivity contribution in [2.24, 2.45) is 5.41 Å². The van der Waals surface area contributed by atoms with Crippen molar-refractivity contribution in [3.05, 3.63) is 82.0 Å². The average Bonchev–Trinajstić information content (AvgIpc) is 3.10. The van der Waals surface area contributed by atoms with Gasteiger partial charge in [0.05, 0.1) is 5.69 Å². The number of nitrogens with zero attached hydrogens (tertiary/aromatic N) is 1. The largest absolute Gasteiger partial charge is 0.342 e. The van der Waals surface area contributed by atoms with Crippen LogP contribution < -0.4 is 5.32 Å². The van der Waals surface area contributed by atoms with E-state index < -0.39 is 0 Å². The molecule has 0 unspecified atom stereocenters. The fraction of sp³-hybridized carbons (Fsp3) is 0.250. The summed E-state index contributed by atoms with van der Waals surface area (Å²) in [7, 11) is 0. The van der Waals surface area contributed by atoms with Gasteiger partial charge in [-0.15, -0.1) is 0 Å². The summed E-state index contributed by atoms with van der Waals surface area (Å²) >= 11 is 6.09. The number of benzene rings is 2. The molecule has 29 heavy (non-hydrogen) atoms. The number of Topliss-reactive ketones (excluding diaryl/α,β-unsaturated/α-hetero) is 1. The van der Waals surface area contributed by atoms with Crippen molar-refractivity contribution in [1.29, 1.82) is 0 Å². The number of carbonyl (C=O) groups excluding carboxylic acids is 1. The Balaban J connectivity index is 1.73. The first-order valence-corrected chi connectivity index (χ1v) is 10.2. The summed E-state index contributed by atoms with van der Waals surface area (Å²) in [5, 5.41) is 11.9. The van der Waals surface area contributed by atoms with E-state index in [9.17, 15) is 4.79 Å². The zero-order valence-electron chi connectivity index (χ0n) is 16.4. The molecule has 0 saturated carbocycles. The van der Waals surface area contributed by atoms with Crippen LogP contribution >= 0.6 is 11.6 Å². The summed E-state index contributed by atoms with van der Waals surface area (Å²) in [6, 6.07) is 17.9. The number of ketones is 1. The lowest BCUT2D eigenvalue weighted by Crippen LogP contribution is -2.33. The van der Waals surface area contributed by atoms with E-state index in [1.807, 2.05) is 42.5 Å². The van der Waals surface area contributed by atoms with E-state index in [-0.39, 0.29) is 17.1 Å². The third-order valence-corrected chi connectivity index (χ3v) is 6.09. The summed E-state index contributed by atoms with van der Waals surface area (Å²) in [4.78, 5) is 13.3. The third-order valence-electron chi connectivity index (χ3n) is 5.84. The second-order valence-corrected chi connectivity index (χ2v) is 9.11. The van der Waals surface area contributed by atoms with Crippen LogP contribution in [0.5, 0.6) is 0 Å². The number of hydrogen-bond acceptors (Lipinski definition) is 3. The molecule has 5 rings (SSSR count). The number of hydrogen-bond donors (Lipinski definition) is 2. The smallest absolute Gasteiger partial charge is 0.162 e. The monoisotopic (exact) mass is 403 g/mol. The van der Waals surface area contributed by atoms with Crippen LogP contribution in [-0.2, 0) is 4.79 Å². The highest BCUT2D eigenvalue weighted by Crippen LogP contribution is 2.50. The van der Waals surface area contributed by atoms with Gasteiger partial charge in [-0.3, -0.25) is 9.89 Å². The minimum atomic E-state index is -0.143. The predicted molar refractivity (Wildman–Crippen MR) is 116 cm³/mol. The Bertz CT molecular complexity index is 1130. The molecule has 0 amide bonds. The first kappa shape index (κ1) is 18.2. The first-order valence-electron chi connectivity index (χ1n) is 9.85. The lowest BCUT2D eigenvalue weighted by Gasteiger charge is -2.38. The zero-order valence-corrected chi connectivity index (χ0v) is 17.2. The van der Waals surface area contributed by atoms with Gasteiger partial charge in [0, 0.05) is 39.8 Å². The maximum absolute atomic E-state index is 13.3. The molecule has 2 aliphatic rings. The van der Waals surface area contributed by atoms with Crippen LogP contribution in [0.15, 0.2) is 65.9 Å². The summed E-state index contributed by atoms with van der Waals surface area (Å²) in [5.74, 6) is 0.870. The molecule has 1 aromatic heterocycles. The number of halogens is 1. The van der Waals surface area contributed by atoms with Gasteiger partial charge < -0.3 is 5.32 Å². The Kier molecular flexibility index (Phi) is 4.14. The molecule has 146 valence electrons. The average molecular weight is 404 g/mol. The van der Waals surface area contributed by atoms with Gasteiger partial charge in [-0.2, -0.15) is 5.10 Å². The molecule has 2 N–H and O–H groups in total. The molecule has 0 bridgehead atoms. The lowest BCUT2D eigenvalue weighted by atomic mass is 9.69. The highest BCUT2D eigenvalue weighted by atomic mass is 35.5. The van der Waals surface area contributed by atoms with Crippen LogP contribution in [0, 0.1) is 5.41 Å². The SMILES string of the molecule is CC1(C)CC(=O)C2=C(C1)Nc1n[nH]c(-c3ccc(Cl)cc3)c1[C@H]2c1ccccc1. The summed E-state index contributed by atoms with van der Waals surface area (Å²) < 4.78 is 0. The Morgan fingerprint density at radius 3 is 2.48 bits per heavy atom. The fourth-order valence-electron chi connectivity index (χ4n) is 4.61. The predicted octanol–water partition coefficient (Wildman–Crippen LogP) is 5.93. The molecule has 3 aromatic rings. The normalized spacial score (nSPS) is 20.1. The van der Waals surface area contributed by atoms with E-state index >= 15 is 0 Å². The van der Waals surface area contributed by atoms with Crippen molar-refractivity contribution in [3.8, 4) is 11.3 Å². The number of allylic oxidation sites excluding steroid dienone is 2. The fourth-order valence-corrected chi connectivity index (χ4v) is 4.74. The standard InChI is InChI=1S/C24H22ClN3O/c1-24(2)12-17-20(18(29)13-24)19(14-6-4-3-5-7-14)21-22(27-28-23(21)26-17)15-8-10-16(25)11-9-15/h3-11,19H,12-13H2,1-2H3,(H2,26,27,28)/t19-/m0/s1. The molecule has 1 atom stereocenters. The van der Waals surface area contributed by atoms with Gasteiger partial charge >= 0.3 is 0 Å². The van der Waals surface area contributed by atoms with E-state index in [0.29, 0.717) is 11.4 Å². The molecule has 1 aliphatic carbocycles.